The maximum absolute atomic E-state index is 2.56. The lowest BCUT2D eigenvalue weighted by Gasteiger charge is -2.36. The van der Waals surface area contributed by atoms with Crippen LogP contribution in [0.3, 0.4) is 0 Å². The summed E-state index contributed by atoms with van der Waals surface area (Å²) in [5.74, 6) is 0.632. The zero-order chi connectivity index (χ0) is 17.9. The molecule has 1 aromatic carbocycles. The molecule has 0 saturated carbocycles. The van der Waals surface area contributed by atoms with Crippen LogP contribution in [0.25, 0.3) is 0 Å². The van der Waals surface area contributed by atoms with Gasteiger partial charge < -0.3 is 9.80 Å². The smallest absolute Gasteiger partial charge is 0.103 e. The third-order valence-electron chi connectivity index (χ3n) is 5.20. The minimum Gasteiger partial charge on any atom is -0.356 e. The number of unbranched alkanes of at least 4 members (excludes halogenated alkanes) is 7. The van der Waals surface area contributed by atoms with Crippen LogP contribution in [0.4, 0.5) is 0 Å². The van der Waals surface area contributed by atoms with E-state index in [2.05, 4.69) is 73.3 Å². The van der Waals surface area contributed by atoms with E-state index in [0.29, 0.717) is 12.1 Å². The topological polar surface area (TPSA) is 6.48 Å². The molecule has 25 heavy (non-hydrogen) atoms. The van der Waals surface area contributed by atoms with Crippen LogP contribution in [0.15, 0.2) is 42.7 Å². The monoisotopic (exact) mass is 342 g/mol. The molecule has 1 aliphatic rings. The minimum atomic E-state index is 0.504. The highest BCUT2D eigenvalue weighted by molar-refractivity contribution is 5.16. The van der Waals surface area contributed by atoms with Gasteiger partial charge >= 0.3 is 0 Å². The Morgan fingerprint density at radius 1 is 0.800 bits per heavy atom. The minimum absolute atomic E-state index is 0.504. The van der Waals surface area contributed by atoms with Crippen molar-refractivity contribution >= 4 is 0 Å². The molecule has 2 rings (SSSR count). The van der Waals surface area contributed by atoms with Crippen LogP contribution in [-0.2, 0) is 6.54 Å². The normalized spacial score (nSPS) is 17.0. The number of hydrogen-bond acceptors (Lipinski definition) is 2. The maximum atomic E-state index is 2.56. The second-order valence-electron chi connectivity index (χ2n) is 7.83. The summed E-state index contributed by atoms with van der Waals surface area (Å²) in [6, 6.07) is 10.8. The first-order valence-corrected chi connectivity index (χ1v) is 10.5. The first-order chi connectivity index (χ1) is 12.2. The van der Waals surface area contributed by atoms with Crippen LogP contribution in [-0.4, -0.2) is 22.5 Å². The molecule has 2 nitrogen and oxygen atoms in total. The second kappa shape index (κ2) is 11.2. The third kappa shape index (κ3) is 6.76. The Labute approximate surface area is 155 Å². The average Bonchev–Trinajstić information content (AvgIpc) is 3.01. The van der Waals surface area contributed by atoms with Crippen molar-refractivity contribution in [2.24, 2.45) is 5.92 Å². The second-order valence-corrected chi connectivity index (χ2v) is 7.83. The van der Waals surface area contributed by atoms with Crippen LogP contribution >= 0.6 is 0 Å². The lowest BCUT2D eigenvalue weighted by molar-refractivity contribution is 0.100. The Hall–Kier alpha value is -1.44. The van der Waals surface area contributed by atoms with E-state index in [1.54, 1.807) is 0 Å². The Kier molecular flexibility index (Phi) is 8.93. The third-order valence-corrected chi connectivity index (χ3v) is 5.20. The SMILES string of the molecule is CCCCCCCCCCN1C=CN(Cc2ccccc2)C1C(C)C. The van der Waals surface area contributed by atoms with Gasteiger partial charge in [0, 0.05) is 25.5 Å². The molecule has 1 aliphatic heterocycles. The Morgan fingerprint density at radius 3 is 2.04 bits per heavy atom. The van der Waals surface area contributed by atoms with Gasteiger partial charge in [-0.15, -0.1) is 0 Å². The summed E-state index contributed by atoms with van der Waals surface area (Å²) >= 11 is 0. The zero-order valence-corrected chi connectivity index (χ0v) is 16.7. The van der Waals surface area contributed by atoms with E-state index in [-0.39, 0.29) is 0 Å². The number of nitrogens with zero attached hydrogens (tertiary/aromatic N) is 2. The summed E-state index contributed by atoms with van der Waals surface area (Å²) in [5, 5.41) is 0. The van der Waals surface area contributed by atoms with Crippen molar-refractivity contribution in [3.8, 4) is 0 Å². The van der Waals surface area contributed by atoms with Crippen molar-refractivity contribution in [3.05, 3.63) is 48.3 Å². The summed E-state index contributed by atoms with van der Waals surface area (Å²) < 4.78 is 0. The maximum Gasteiger partial charge on any atom is 0.103 e. The molecule has 0 saturated heterocycles. The van der Waals surface area contributed by atoms with E-state index in [1.807, 2.05) is 0 Å². The van der Waals surface area contributed by atoms with Crippen LogP contribution in [0.2, 0.25) is 0 Å². The molecule has 1 unspecified atom stereocenters. The number of benzene rings is 1. The fourth-order valence-electron chi connectivity index (χ4n) is 3.88. The van der Waals surface area contributed by atoms with Gasteiger partial charge in [0.25, 0.3) is 0 Å². The number of hydrogen-bond donors (Lipinski definition) is 0. The molecule has 0 aliphatic carbocycles. The molecule has 2 heteroatoms. The standard InChI is InChI=1S/C23H38N2/c1-4-5-6-7-8-9-10-14-17-24-18-19-25(23(24)21(2)3)20-22-15-12-11-13-16-22/h11-13,15-16,18-19,21,23H,4-10,14,17,20H2,1-3H3. The summed E-state index contributed by atoms with van der Waals surface area (Å²) in [7, 11) is 0. The first-order valence-electron chi connectivity index (χ1n) is 10.5. The highest BCUT2D eigenvalue weighted by Crippen LogP contribution is 2.25. The fourth-order valence-corrected chi connectivity index (χ4v) is 3.88. The van der Waals surface area contributed by atoms with Gasteiger partial charge in [-0.1, -0.05) is 96.0 Å². The van der Waals surface area contributed by atoms with Crippen LogP contribution < -0.4 is 0 Å². The molecule has 1 aromatic rings. The largest absolute Gasteiger partial charge is 0.356 e. The quantitative estimate of drug-likeness (QED) is 0.406. The van der Waals surface area contributed by atoms with E-state index >= 15 is 0 Å². The van der Waals surface area contributed by atoms with Gasteiger partial charge in [0.15, 0.2) is 0 Å². The van der Waals surface area contributed by atoms with Crippen molar-refractivity contribution in [1.82, 2.24) is 9.80 Å². The van der Waals surface area contributed by atoms with Gasteiger partial charge in [-0.3, -0.25) is 0 Å². The van der Waals surface area contributed by atoms with Crippen molar-refractivity contribution in [3.63, 3.8) is 0 Å². The predicted octanol–water partition coefficient (Wildman–Crippen LogP) is 6.40. The van der Waals surface area contributed by atoms with E-state index in [0.717, 1.165) is 6.54 Å². The van der Waals surface area contributed by atoms with E-state index < -0.39 is 0 Å². The van der Waals surface area contributed by atoms with Crippen molar-refractivity contribution < 1.29 is 0 Å². The van der Waals surface area contributed by atoms with Gasteiger partial charge in [0.1, 0.15) is 6.17 Å². The van der Waals surface area contributed by atoms with Gasteiger partial charge in [-0.2, -0.15) is 0 Å². The summed E-state index contributed by atoms with van der Waals surface area (Å²) in [6.45, 7) is 9.18. The molecule has 0 radical (unpaired) electrons. The van der Waals surface area contributed by atoms with Gasteiger partial charge in [-0.25, -0.2) is 0 Å². The van der Waals surface area contributed by atoms with Gasteiger partial charge in [0.2, 0.25) is 0 Å². The average molecular weight is 343 g/mol. The lowest BCUT2D eigenvalue weighted by Crippen LogP contribution is -2.42. The molecule has 0 amide bonds. The predicted molar refractivity (Wildman–Crippen MR) is 109 cm³/mol. The molecular formula is C23H38N2. The van der Waals surface area contributed by atoms with Gasteiger partial charge in [0.05, 0.1) is 0 Å². The molecule has 140 valence electrons. The summed E-state index contributed by atoms with van der Waals surface area (Å²) in [5.41, 5.74) is 1.40. The van der Waals surface area contributed by atoms with Crippen molar-refractivity contribution in [2.45, 2.75) is 84.8 Å². The summed E-state index contributed by atoms with van der Waals surface area (Å²) in [4.78, 5) is 5.06. The highest BCUT2D eigenvalue weighted by Gasteiger charge is 2.28. The molecule has 1 heterocycles. The van der Waals surface area contributed by atoms with E-state index in [9.17, 15) is 0 Å². The van der Waals surface area contributed by atoms with Crippen LogP contribution in [0.1, 0.15) is 77.7 Å². The Bertz CT molecular complexity index is 480. The van der Waals surface area contributed by atoms with Gasteiger partial charge in [-0.05, 0) is 17.9 Å². The first kappa shape index (κ1) is 19.9. The molecule has 0 fully saturated rings. The van der Waals surface area contributed by atoms with E-state index in [4.69, 9.17) is 0 Å². The molecule has 0 aromatic heterocycles. The fraction of sp³-hybridized carbons (Fsp3) is 0.652. The van der Waals surface area contributed by atoms with Crippen molar-refractivity contribution in [1.29, 1.82) is 0 Å². The number of rotatable bonds is 12. The molecular weight excluding hydrogens is 304 g/mol. The molecule has 1 atom stereocenters. The molecule has 0 bridgehead atoms. The summed E-state index contributed by atoms with van der Waals surface area (Å²) in [6.07, 6.45) is 16.2. The zero-order valence-electron chi connectivity index (χ0n) is 16.7. The lowest BCUT2D eigenvalue weighted by atomic mass is 10.1. The van der Waals surface area contributed by atoms with Crippen molar-refractivity contribution in [2.75, 3.05) is 6.54 Å². The Balaban J connectivity index is 1.71. The van der Waals surface area contributed by atoms with Crippen LogP contribution in [0.5, 0.6) is 0 Å². The molecule has 0 spiro atoms. The van der Waals surface area contributed by atoms with E-state index in [1.165, 1.54) is 63.5 Å². The molecule has 0 N–H and O–H groups in total. The highest BCUT2D eigenvalue weighted by atomic mass is 15.4. The van der Waals surface area contributed by atoms with Crippen LogP contribution in [0, 0.1) is 5.92 Å². The Morgan fingerprint density at radius 2 is 1.40 bits per heavy atom.